The molecule has 2 aliphatic rings. The van der Waals surface area contributed by atoms with Gasteiger partial charge in [-0.3, -0.25) is 0 Å². The molecule has 0 unspecified atom stereocenters. The van der Waals surface area contributed by atoms with E-state index in [4.69, 9.17) is 0 Å². The number of nitrogens with zero attached hydrogens (tertiary/aromatic N) is 3. The Morgan fingerprint density at radius 3 is 2.57 bits per heavy atom. The van der Waals surface area contributed by atoms with Gasteiger partial charge in [-0.2, -0.15) is 13.2 Å². The normalized spacial score (nSPS) is 21.2. The quantitative estimate of drug-likeness (QED) is 0.927. The summed E-state index contributed by atoms with van der Waals surface area (Å²) in [5.41, 5.74) is 1.16. The van der Waals surface area contributed by atoms with E-state index in [0.717, 1.165) is 25.0 Å². The van der Waals surface area contributed by atoms with Gasteiger partial charge in [0.2, 0.25) is 5.82 Å². The molecule has 0 saturated heterocycles. The summed E-state index contributed by atoms with van der Waals surface area (Å²) in [5.74, 6) is -0.732. The molecule has 1 fully saturated rings. The zero-order chi connectivity index (χ0) is 15.3. The molecule has 1 N–H and O–H groups in total. The van der Waals surface area contributed by atoms with Crippen molar-refractivity contribution >= 4 is 0 Å². The lowest BCUT2D eigenvalue weighted by Gasteiger charge is -2.48. The van der Waals surface area contributed by atoms with Crippen LogP contribution in [0.1, 0.15) is 36.5 Å². The summed E-state index contributed by atoms with van der Waals surface area (Å²) in [6.07, 6.45) is -0.806. The molecule has 1 aromatic rings. The molecular weight excluding hydrogens is 281 g/mol. The molecule has 0 bridgehead atoms. The highest BCUT2D eigenvalue weighted by atomic mass is 19.4. The smallest absolute Gasteiger partial charge is 0.322 e. The number of nitrogens with one attached hydrogen (secondary N) is 1. The fourth-order valence-corrected chi connectivity index (χ4v) is 3.38. The van der Waals surface area contributed by atoms with E-state index in [2.05, 4.69) is 15.2 Å². The van der Waals surface area contributed by atoms with Crippen molar-refractivity contribution < 1.29 is 13.2 Å². The van der Waals surface area contributed by atoms with Crippen LogP contribution in [0.3, 0.4) is 0 Å². The second kappa shape index (κ2) is 4.98. The third kappa shape index (κ3) is 2.46. The highest BCUT2D eigenvalue weighted by molar-refractivity contribution is 5.22. The Hall–Kier alpha value is -1.08. The highest BCUT2D eigenvalue weighted by Gasteiger charge is 2.44. The maximum absolute atomic E-state index is 13.3. The van der Waals surface area contributed by atoms with Crippen LogP contribution in [0.4, 0.5) is 13.2 Å². The number of imidazole rings is 1. The molecule has 0 radical (unpaired) electrons. The summed E-state index contributed by atoms with van der Waals surface area (Å²) in [6, 6.07) is 0. The molecular formula is C14H21F3N4. The van der Waals surface area contributed by atoms with Gasteiger partial charge >= 0.3 is 6.18 Å². The maximum Gasteiger partial charge on any atom is 0.449 e. The van der Waals surface area contributed by atoms with Crippen LogP contribution in [-0.2, 0) is 25.7 Å². The Bertz CT molecular complexity index is 529. The van der Waals surface area contributed by atoms with Crippen molar-refractivity contribution in [3.8, 4) is 0 Å². The number of halogens is 3. The number of hydrogen-bond acceptors (Lipinski definition) is 3. The van der Waals surface area contributed by atoms with Crippen LogP contribution in [-0.4, -0.2) is 40.6 Å². The Balaban J connectivity index is 2.01. The van der Waals surface area contributed by atoms with E-state index in [1.807, 2.05) is 14.1 Å². The van der Waals surface area contributed by atoms with E-state index in [-0.39, 0.29) is 5.54 Å². The highest BCUT2D eigenvalue weighted by Crippen LogP contribution is 2.40. The predicted molar refractivity (Wildman–Crippen MR) is 72.9 cm³/mol. The molecule has 7 heteroatoms. The molecule has 0 atom stereocenters. The van der Waals surface area contributed by atoms with Crippen molar-refractivity contribution in [1.82, 2.24) is 19.8 Å². The predicted octanol–water partition coefficient (Wildman–Crippen LogP) is 2.03. The van der Waals surface area contributed by atoms with Gasteiger partial charge in [-0.1, -0.05) is 0 Å². The summed E-state index contributed by atoms with van der Waals surface area (Å²) in [6.45, 7) is 1.53. The average molecular weight is 302 g/mol. The van der Waals surface area contributed by atoms with Crippen molar-refractivity contribution in [2.45, 2.75) is 50.5 Å². The first-order valence-corrected chi connectivity index (χ1v) is 7.37. The molecule has 1 aromatic heterocycles. The molecule has 2 heterocycles. The minimum Gasteiger partial charge on any atom is -0.322 e. The van der Waals surface area contributed by atoms with Crippen LogP contribution < -0.4 is 5.32 Å². The lowest BCUT2D eigenvalue weighted by atomic mass is 9.75. The summed E-state index contributed by atoms with van der Waals surface area (Å²) in [5, 5.41) is 3.09. The second-order valence-electron chi connectivity index (χ2n) is 6.31. The maximum atomic E-state index is 13.3. The third-order valence-corrected chi connectivity index (χ3v) is 4.93. The van der Waals surface area contributed by atoms with Gasteiger partial charge in [0.15, 0.2) is 0 Å². The SMILES string of the molecule is CN(C)C1(Cn2c(C(F)(F)F)nc3c2CCNC3)CCC1. The Morgan fingerprint density at radius 2 is 2.05 bits per heavy atom. The number of hydrogen-bond donors (Lipinski definition) is 1. The van der Waals surface area contributed by atoms with E-state index in [1.165, 1.54) is 4.57 Å². The van der Waals surface area contributed by atoms with E-state index >= 15 is 0 Å². The summed E-state index contributed by atoms with van der Waals surface area (Å²) in [4.78, 5) is 5.95. The molecule has 3 rings (SSSR count). The minimum absolute atomic E-state index is 0.153. The summed E-state index contributed by atoms with van der Waals surface area (Å²) >= 11 is 0. The van der Waals surface area contributed by atoms with Crippen molar-refractivity contribution in [3.63, 3.8) is 0 Å². The lowest BCUT2D eigenvalue weighted by Crippen LogP contribution is -2.53. The van der Waals surface area contributed by atoms with Crippen LogP contribution in [0.2, 0.25) is 0 Å². The molecule has 0 aromatic carbocycles. The minimum atomic E-state index is -4.39. The fraction of sp³-hybridized carbons (Fsp3) is 0.786. The number of likely N-dealkylation sites (N-methyl/N-ethyl adjacent to an activating group) is 1. The van der Waals surface area contributed by atoms with Gasteiger partial charge in [-0.25, -0.2) is 4.98 Å². The van der Waals surface area contributed by atoms with E-state index in [0.29, 0.717) is 31.7 Å². The van der Waals surface area contributed by atoms with E-state index in [1.54, 1.807) is 0 Å². The first-order chi connectivity index (χ1) is 9.83. The van der Waals surface area contributed by atoms with Crippen molar-refractivity contribution in [2.24, 2.45) is 0 Å². The van der Waals surface area contributed by atoms with Gasteiger partial charge in [0.25, 0.3) is 0 Å². The number of aromatic nitrogens is 2. The van der Waals surface area contributed by atoms with Gasteiger partial charge in [0.1, 0.15) is 0 Å². The van der Waals surface area contributed by atoms with Crippen LogP contribution >= 0.6 is 0 Å². The molecule has 0 amide bonds. The Labute approximate surface area is 122 Å². The van der Waals surface area contributed by atoms with Gasteiger partial charge in [0.05, 0.1) is 5.69 Å². The fourth-order valence-electron chi connectivity index (χ4n) is 3.38. The van der Waals surface area contributed by atoms with Crippen LogP contribution in [0.25, 0.3) is 0 Å². The molecule has 1 saturated carbocycles. The molecule has 21 heavy (non-hydrogen) atoms. The van der Waals surface area contributed by atoms with Crippen molar-refractivity contribution in [1.29, 1.82) is 0 Å². The first kappa shape index (κ1) is 14.8. The standard InChI is InChI=1S/C14H21F3N4/c1-20(2)13(5-3-6-13)9-21-11-4-7-18-8-10(11)19-12(21)14(15,16)17/h18H,3-9H2,1-2H3. The van der Waals surface area contributed by atoms with Gasteiger partial charge in [0, 0.05) is 37.3 Å². The topological polar surface area (TPSA) is 33.1 Å². The van der Waals surface area contributed by atoms with E-state index < -0.39 is 12.0 Å². The molecule has 0 spiro atoms. The van der Waals surface area contributed by atoms with Crippen molar-refractivity contribution in [3.05, 3.63) is 17.2 Å². The van der Waals surface area contributed by atoms with E-state index in [9.17, 15) is 13.2 Å². The van der Waals surface area contributed by atoms with Crippen LogP contribution in [0.5, 0.6) is 0 Å². The Morgan fingerprint density at radius 1 is 1.33 bits per heavy atom. The first-order valence-electron chi connectivity index (χ1n) is 7.37. The van der Waals surface area contributed by atoms with Gasteiger partial charge in [-0.05, 0) is 33.4 Å². The third-order valence-electron chi connectivity index (χ3n) is 4.93. The second-order valence-corrected chi connectivity index (χ2v) is 6.31. The average Bonchev–Trinajstić information content (AvgIpc) is 2.72. The Kier molecular flexibility index (Phi) is 3.52. The van der Waals surface area contributed by atoms with Crippen molar-refractivity contribution in [2.75, 3.05) is 20.6 Å². The van der Waals surface area contributed by atoms with Crippen LogP contribution in [0, 0.1) is 0 Å². The largest absolute Gasteiger partial charge is 0.449 e. The number of rotatable bonds is 3. The number of fused-ring (bicyclic) bond motifs is 1. The van der Waals surface area contributed by atoms with Crippen LogP contribution in [0.15, 0.2) is 0 Å². The number of alkyl halides is 3. The molecule has 118 valence electrons. The zero-order valence-electron chi connectivity index (χ0n) is 12.4. The lowest BCUT2D eigenvalue weighted by molar-refractivity contribution is -0.148. The monoisotopic (exact) mass is 302 g/mol. The molecule has 1 aliphatic carbocycles. The summed E-state index contributed by atoms with van der Waals surface area (Å²) in [7, 11) is 3.91. The van der Waals surface area contributed by atoms with Gasteiger partial charge < -0.3 is 14.8 Å². The summed E-state index contributed by atoms with van der Waals surface area (Å²) < 4.78 is 41.4. The zero-order valence-corrected chi connectivity index (χ0v) is 12.4. The van der Waals surface area contributed by atoms with Gasteiger partial charge in [-0.15, -0.1) is 0 Å². The molecule has 1 aliphatic heterocycles. The molecule has 4 nitrogen and oxygen atoms in total.